The number of hydrogen-bond acceptors (Lipinski definition) is 3. The Kier molecular flexibility index (Phi) is 8.92. The molecule has 0 heterocycles. The van der Waals surface area contributed by atoms with Crippen molar-refractivity contribution >= 4 is 33.9 Å². The number of amides is 1. The van der Waals surface area contributed by atoms with Crippen molar-refractivity contribution in [3.8, 4) is 0 Å². The summed E-state index contributed by atoms with van der Waals surface area (Å²) < 4.78 is 147. The zero-order valence-corrected chi connectivity index (χ0v) is 20.8. The number of halogens is 11. The van der Waals surface area contributed by atoms with Crippen molar-refractivity contribution in [2.75, 3.05) is 11.9 Å². The molecule has 17 heteroatoms. The van der Waals surface area contributed by atoms with Gasteiger partial charge in [0.25, 0.3) is 0 Å². The molecule has 1 N–H and O–H groups in total. The SMILES string of the molecule is CN(C(=O)C(F)(OC(F)(F)C(F)(F)C(F)(F)F)C(F)(F)F)c1cccc([Si](C)(C)CC[SiH](C)O)c1. The van der Waals surface area contributed by atoms with Crippen molar-refractivity contribution in [1.29, 1.82) is 0 Å². The van der Waals surface area contributed by atoms with Crippen LogP contribution in [0.5, 0.6) is 0 Å². The first-order chi connectivity index (χ1) is 15.4. The zero-order valence-electron chi connectivity index (χ0n) is 18.7. The number of anilines is 1. The molecule has 0 saturated heterocycles. The van der Waals surface area contributed by atoms with Crippen LogP contribution in [0.25, 0.3) is 0 Å². The Bertz CT molecular complexity index is 906. The minimum Gasteiger partial charge on any atom is -0.435 e. The van der Waals surface area contributed by atoms with Crippen LogP contribution < -0.4 is 10.1 Å². The second-order valence-corrected chi connectivity index (χ2v) is 15.6. The van der Waals surface area contributed by atoms with Gasteiger partial charge >= 0.3 is 36.1 Å². The summed E-state index contributed by atoms with van der Waals surface area (Å²) in [5.74, 6) is -16.5. The fourth-order valence-corrected chi connectivity index (χ4v) is 8.74. The van der Waals surface area contributed by atoms with E-state index in [1.54, 1.807) is 6.55 Å². The third-order valence-electron chi connectivity index (χ3n) is 5.14. The van der Waals surface area contributed by atoms with Gasteiger partial charge in [0.1, 0.15) is 0 Å². The van der Waals surface area contributed by atoms with Crippen LogP contribution in [0.2, 0.25) is 31.7 Å². The number of carbonyl (C=O) groups is 1. The van der Waals surface area contributed by atoms with E-state index in [0.29, 0.717) is 24.3 Å². The van der Waals surface area contributed by atoms with Gasteiger partial charge in [-0.15, -0.1) is 0 Å². The molecule has 0 aliphatic heterocycles. The maximum atomic E-state index is 14.7. The number of ether oxygens (including phenoxy) is 1. The van der Waals surface area contributed by atoms with E-state index in [0.717, 1.165) is 12.1 Å². The highest BCUT2D eigenvalue weighted by Gasteiger charge is 2.80. The van der Waals surface area contributed by atoms with E-state index in [1.807, 2.05) is 13.1 Å². The van der Waals surface area contributed by atoms with Crippen LogP contribution in [0.3, 0.4) is 0 Å². The van der Waals surface area contributed by atoms with Gasteiger partial charge in [0.05, 0.1) is 8.07 Å². The van der Waals surface area contributed by atoms with Gasteiger partial charge in [0.2, 0.25) is 0 Å². The highest BCUT2D eigenvalue weighted by Crippen LogP contribution is 2.51. The minimum absolute atomic E-state index is 0.174. The number of hydrogen-bond donors (Lipinski definition) is 1. The van der Waals surface area contributed by atoms with Crippen molar-refractivity contribution in [3.63, 3.8) is 0 Å². The van der Waals surface area contributed by atoms with E-state index in [-0.39, 0.29) is 4.90 Å². The first kappa shape index (κ1) is 31.3. The molecule has 4 nitrogen and oxygen atoms in total. The maximum absolute atomic E-state index is 14.7. The monoisotopic (exact) mass is 565 g/mol. The molecular weight excluding hydrogens is 543 g/mol. The van der Waals surface area contributed by atoms with Crippen molar-refractivity contribution in [2.45, 2.75) is 62.0 Å². The van der Waals surface area contributed by atoms with Crippen molar-refractivity contribution in [3.05, 3.63) is 24.3 Å². The quantitative estimate of drug-likeness (QED) is 0.341. The predicted molar refractivity (Wildman–Crippen MR) is 109 cm³/mol. The Morgan fingerprint density at radius 2 is 1.51 bits per heavy atom. The fourth-order valence-electron chi connectivity index (χ4n) is 2.81. The first-order valence-electron chi connectivity index (χ1n) is 9.75. The van der Waals surface area contributed by atoms with Crippen molar-refractivity contribution in [2.24, 2.45) is 0 Å². The lowest BCUT2D eigenvalue weighted by atomic mass is 10.2. The zero-order chi connectivity index (χ0) is 27.8. The molecule has 35 heavy (non-hydrogen) atoms. The fraction of sp³-hybridized carbons (Fsp3) is 0.611. The normalized spacial score (nSPS) is 16.6. The van der Waals surface area contributed by atoms with Gasteiger partial charge in [-0.3, -0.25) is 9.53 Å². The molecule has 2 atom stereocenters. The summed E-state index contributed by atoms with van der Waals surface area (Å²) in [6, 6.07) is 5.87. The lowest BCUT2D eigenvalue weighted by Crippen LogP contribution is -2.63. The summed E-state index contributed by atoms with van der Waals surface area (Å²) in [6.45, 7) is 5.27. The molecule has 1 amide bonds. The molecule has 1 rings (SSSR count). The molecule has 2 unspecified atom stereocenters. The Balaban J connectivity index is 3.44. The first-order valence-corrected chi connectivity index (χ1v) is 15.4. The molecule has 202 valence electrons. The third kappa shape index (κ3) is 6.54. The van der Waals surface area contributed by atoms with E-state index >= 15 is 0 Å². The number of rotatable bonds is 9. The standard InChI is InChI=1S/C18H22F11NO3Si2/c1-30(11-6-5-7-12(10-11)35(3,4)9-8-34(2)32)13(31)14(19,16(22,23)24)33-18(28,29)15(20,21)17(25,26)27/h5-7,10,32,34H,8-9H2,1-4H3. The van der Waals surface area contributed by atoms with Crippen LogP contribution in [-0.2, 0) is 9.53 Å². The molecule has 1 aromatic carbocycles. The Hall–Kier alpha value is -1.73. The van der Waals surface area contributed by atoms with Crippen LogP contribution >= 0.6 is 0 Å². The lowest BCUT2D eigenvalue weighted by Gasteiger charge is -2.36. The molecule has 0 spiro atoms. The summed E-state index contributed by atoms with van der Waals surface area (Å²) in [4.78, 5) is 21.7. The largest absolute Gasteiger partial charge is 0.462 e. The van der Waals surface area contributed by atoms with Crippen LogP contribution in [0.1, 0.15) is 0 Å². The van der Waals surface area contributed by atoms with Gasteiger partial charge in [-0.25, -0.2) is 0 Å². The van der Waals surface area contributed by atoms with Crippen LogP contribution in [0.4, 0.5) is 54.0 Å². The molecule has 0 bridgehead atoms. The second kappa shape index (κ2) is 9.97. The topological polar surface area (TPSA) is 49.8 Å². The Morgan fingerprint density at radius 1 is 1.00 bits per heavy atom. The average Bonchev–Trinajstić information content (AvgIpc) is 2.69. The average molecular weight is 566 g/mol. The molecule has 0 aliphatic rings. The summed E-state index contributed by atoms with van der Waals surface area (Å²) in [6.07, 6.45) is -21.0. The van der Waals surface area contributed by atoms with Crippen LogP contribution in [0.15, 0.2) is 24.3 Å². The highest BCUT2D eigenvalue weighted by atomic mass is 28.3. The highest BCUT2D eigenvalue weighted by molar-refractivity contribution is 6.90. The molecule has 1 aromatic rings. The second-order valence-electron chi connectivity index (χ2n) is 8.47. The maximum Gasteiger partial charge on any atom is 0.462 e. The molecular formula is C18H22F11NO3Si2. The van der Waals surface area contributed by atoms with E-state index in [9.17, 15) is 57.9 Å². The van der Waals surface area contributed by atoms with Crippen molar-refractivity contribution in [1.82, 2.24) is 0 Å². The van der Waals surface area contributed by atoms with E-state index < -0.39 is 58.9 Å². The van der Waals surface area contributed by atoms with Gasteiger partial charge in [-0.05, 0) is 24.7 Å². The summed E-state index contributed by atoms with van der Waals surface area (Å²) in [7, 11) is -3.87. The summed E-state index contributed by atoms with van der Waals surface area (Å²) in [5.41, 5.74) is -0.497. The number of nitrogens with zero attached hydrogens (tertiary/aromatic N) is 1. The van der Waals surface area contributed by atoms with E-state index in [4.69, 9.17) is 0 Å². The van der Waals surface area contributed by atoms with Gasteiger partial charge in [-0.2, -0.15) is 48.3 Å². The number of benzene rings is 1. The molecule has 0 fully saturated rings. The number of alkyl halides is 11. The Morgan fingerprint density at radius 3 is 1.94 bits per heavy atom. The summed E-state index contributed by atoms with van der Waals surface area (Å²) in [5, 5.41) is 0.496. The van der Waals surface area contributed by atoms with Crippen LogP contribution in [-0.4, -0.2) is 65.1 Å². The Labute approximate surface area is 195 Å². The summed E-state index contributed by atoms with van der Waals surface area (Å²) >= 11 is 0. The third-order valence-corrected chi connectivity index (χ3v) is 10.3. The molecule has 0 radical (unpaired) electrons. The predicted octanol–water partition coefficient (Wildman–Crippen LogP) is 4.95. The van der Waals surface area contributed by atoms with E-state index in [2.05, 4.69) is 4.74 Å². The van der Waals surface area contributed by atoms with E-state index in [1.165, 1.54) is 12.1 Å². The lowest BCUT2D eigenvalue weighted by molar-refractivity contribution is -0.472. The number of likely N-dealkylation sites (N-methyl/N-ethyl adjacent to an activating group) is 1. The van der Waals surface area contributed by atoms with Gasteiger partial charge in [0.15, 0.2) is 9.04 Å². The molecule has 0 aromatic heterocycles. The molecule has 0 aliphatic carbocycles. The van der Waals surface area contributed by atoms with Gasteiger partial charge in [0, 0.05) is 12.7 Å². The van der Waals surface area contributed by atoms with Gasteiger partial charge in [-0.1, -0.05) is 36.5 Å². The van der Waals surface area contributed by atoms with Gasteiger partial charge < -0.3 is 9.70 Å². The smallest absolute Gasteiger partial charge is 0.435 e. The van der Waals surface area contributed by atoms with Crippen LogP contribution in [0, 0.1) is 0 Å². The minimum atomic E-state index is -7.26. The number of carbonyl (C=O) groups excluding carboxylic acids is 1. The van der Waals surface area contributed by atoms with Crippen molar-refractivity contribution < 1.29 is 62.6 Å². The molecule has 0 saturated carbocycles.